The summed E-state index contributed by atoms with van der Waals surface area (Å²) < 4.78 is 10.8. The molecule has 0 unspecified atom stereocenters. The Morgan fingerprint density at radius 2 is 1.67 bits per heavy atom. The fraction of sp³-hybridized carbons (Fsp3) is 0.556. The van der Waals surface area contributed by atoms with Gasteiger partial charge in [0, 0.05) is 0 Å². The van der Waals surface area contributed by atoms with Crippen molar-refractivity contribution >= 4 is 12.0 Å². The van der Waals surface area contributed by atoms with E-state index in [0.29, 0.717) is 17.9 Å². The van der Waals surface area contributed by atoms with Crippen LogP contribution in [0.5, 0.6) is 5.75 Å². The number of carbonyl (C=O) groups is 2. The molecule has 1 rings (SSSR count). The average molecular weight is 336 g/mol. The molecule has 0 radical (unpaired) electrons. The first-order valence-corrected chi connectivity index (χ1v) is 8.01. The second-order valence-corrected chi connectivity index (χ2v) is 7.35. The summed E-state index contributed by atoms with van der Waals surface area (Å²) in [5, 5.41) is 1.26. The van der Waals surface area contributed by atoms with E-state index in [2.05, 4.69) is 5.43 Å². The number of carbonyl (C=O) groups excluding carboxylic acids is 2. The fourth-order valence-electron chi connectivity index (χ4n) is 1.96. The Morgan fingerprint density at radius 1 is 1.08 bits per heavy atom. The molecule has 0 heterocycles. The first kappa shape index (κ1) is 19.8. The van der Waals surface area contributed by atoms with Crippen molar-refractivity contribution in [1.82, 2.24) is 10.4 Å². The molecule has 0 aliphatic heterocycles. The Morgan fingerprint density at radius 3 is 2.17 bits per heavy atom. The summed E-state index contributed by atoms with van der Waals surface area (Å²) in [7, 11) is 0. The number of nitrogens with one attached hydrogen (secondary N) is 1. The van der Waals surface area contributed by atoms with Crippen LogP contribution in [0.2, 0.25) is 0 Å². The van der Waals surface area contributed by atoms with E-state index in [0.717, 1.165) is 0 Å². The van der Waals surface area contributed by atoms with Crippen molar-refractivity contribution in [3.8, 4) is 5.75 Å². The van der Waals surface area contributed by atoms with E-state index < -0.39 is 17.2 Å². The van der Waals surface area contributed by atoms with Crippen LogP contribution < -0.4 is 10.2 Å². The molecule has 2 amide bonds. The van der Waals surface area contributed by atoms with Crippen LogP contribution in [-0.2, 0) is 4.74 Å². The molecule has 0 saturated carbocycles. The molecule has 0 bridgehead atoms. The van der Waals surface area contributed by atoms with Gasteiger partial charge in [0.05, 0.1) is 17.7 Å². The smallest absolute Gasteiger partial charge is 0.426 e. The van der Waals surface area contributed by atoms with Gasteiger partial charge in [0.2, 0.25) is 0 Å². The Kier molecular flexibility index (Phi) is 6.23. The minimum absolute atomic E-state index is 0.364. The zero-order chi connectivity index (χ0) is 18.5. The maximum absolute atomic E-state index is 13.0. The molecule has 0 aliphatic rings. The number of benzene rings is 1. The standard InChI is InChI=1S/C18H28N2O4/c1-8-23-14-12-10-9-11-13(14)15(21)20(17(2,3)4)19-16(22)24-18(5,6)7/h9-12H,8H2,1-7H3,(H,19,22). The predicted octanol–water partition coefficient (Wildman–Crippen LogP) is 3.77. The summed E-state index contributed by atoms with van der Waals surface area (Å²) in [6.07, 6.45) is -0.681. The zero-order valence-electron chi connectivity index (χ0n) is 15.6. The molecule has 0 aliphatic carbocycles. The van der Waals surface area contributed by atoms with Gasteiger partial charge in [0.1, 0.15) is 11.4 Å². The minimum atomic E-state index is -0.681. The van der Waals surface area contributed by atoms with Crippen LogP contribution in [0.1, 0.15) is 58.8 Å². The van der Waals surface area contributed by atoms with Gasteiger partial charge in [0.25, 0.3) is 5.91 Å². The fourth-order valence-corrected chi connectivity index (χ4v) is 1.96. The first-order chi connectivity index (χ1) is 11.0. The highest BCUT2D eigenvalue weighted by atomic mass is 16.6. The van der Waals surface area contributed by atoms with Gasteiger partial charge in [-0.25, -0.2) is 15.2 Å². The summed E-state index contributed by atoms with van der Waals surface area (Å²) in [6, 6.07) is 6.95. The molecule has 0 saturated heterocycles. The maximum Gasteiger partial charge on any atom is 0.426 e. The topological polar surface area (TPSA) is 67.9 Å². The van der Waals surface area contributed by atoms with Gasteiger partial charge in [-0.05, 0) is 60.6 Å². The molecular weight excluding hydrogens is 308 g/mol. The van der Waals surface area contributed by atoms with Crippen molar-refractivity contribution in [2.45, 2.75) is 59.6 Å². The first-order valence-electron chi connectivity index (χ1n) is 8.01. The van der Waals surface area contributed by atoms with Crippen molar-refractivity contribution in [2.75, 3.05) is 6.61 Å². The highest BCUT2D eigenvalue weighted by Gasteiger charge is 2.32. The van der Waals surface area contributed by atoms with Crippen LogP contribution in [0.3, 0.4) is 0 Å². The highest BCUT2D eigenvalue weighted by molar-refractivity contribution is 5.98. The quantitative estimate of drug-likeness (QED) is 0.853. The van der Waals surface area contributed by atoms with E-state index in [9.17, 15) is 9.59 Å². The summed E-state index contributed by atoms with van der Waals surface area (Å²) >= 11 is 0. The Bertz CT molecular complexity index is 585. The second-order valence-electron chi connectivity index (χ2n) is 7.35. The van der Waals surface area contributed by atoms with E-state index in [4.69, 9.17) is 9.47 Å². The molecule has 6 nitrogen and oxygen atoms in total. The lowest BCUT2D eigenvalue weighted by atomic mass is 10.1. The lowest BCUT2D eigenvalue weighted by molar-refractivity contribution is 0.0116. The van der Waals surface area contributed by atoms with Crippen molar-refractivity contribution in [3.63, 3.8) is 0 Å². The van der Waals surface area contributed by atoms with Crippen LogP contribution in [0, 0.1) is 0 Å². The molecule has 134 valence electrons. The lowest BCUT2D eigenvalue weighted by Crippen LogP contribution is -2.56. The van der Waals surface area contributed by atoms with Crippen LogP contribution in [-0.4, -0.2) is 34.8 Å². The monoisotopic (exact) mass is 336 g/mol. The molecule has 6 heteroatoms. The average Bonchev–Trinajstić information content (AvgIpc) is 2.42. The number of hydrazine groups is 1. The molecule has 0 atom stereocenters. The largest absolute Gasteiger partial charge is 0.493 e. The van der Waals surface area contributed by atoms with E-state index >= 15 is 0 Å². The third kappa shape index (κ3) is 5.76. The molecule has 0 spiro atoms. The number of ether oxygens (including phenoxy) is 2. The van der Waals surface area contributed by atoms with E-state index in [-0.39, 0.29) is 5.91 Å². The van der Waals surface area contributed by atoms with Crippen LogP contribution in [0.15, 0.2) is 24.3 Å². The molecule has 1 N–H and O–H groups in total. The van der Waals surface area contributed by atoms with Crippen molar-refractivity contribution in [2.24, 2.45) is 0 Å². The zero-order valence-corrected chi connectivity index (χ0v) is 15.6. The summed E-state index contributed by atoms with van der Waals surface area (Å²) in [6.45, 7) is 13.1. The molecular formula is C18H28N2O4. The third-order valence-electron chi connectivity index (χ3n) is 2.89. The van der Waals surface area contributed by atoms with E-state index in [1.54, 1.807) is 45.0 Å². The maximum atomic E-state index is 13.0. The number of para-hydroxylation sites is 1. The minimum Gasteiger partial charge on any atom is -0.493 e. The normalized spacial score (nSPS) is 11.6. The van der Waals surface area contributed by atoms with E-state index in [1.807, 2.05) is 27.7 Å². The summed E-state index contributed by atoms with van der Waals surface area (Å²) in [5.74, 6) is 0.114. The van der Waals surface area contributed by atoms with Crippen molar-refractivity contribution in [3.05, 3.63) is 29.8 Å². The molecule has 24 heavy (non-hydrogen) atoms. The van der Waals surface area contributed by atoms with E-state index in [1.165, 1.54) is 5.01 Å². The number of amides is 2. The number of nitrogens with zero attached hydrogens (tertiary/aromatic N) is 1. The Balaban J connectivity index is 3.09. The Labute approximate surface area is 144 Å². The molecule has 0 aromatic heterocycles. The van der Waals surface area contributed by atoms with Gasteiger partial charge in [-0.2, -0.15) is 0 Å². The summed E-state index contributed by atoms with van der Waals surface area (Å²) in [5.41, 5.74) is 1.63. The number of rotatable bonds is 3. The predicted molar refractivity (Wildman–Crippen MR) is 92.9 cm³/mol. The van der Waals surface area contributed by atoms with Crippen LogP contribution in [0.25, 0.3) is 0 Å². The van der Waals surface area contributed by atoms with Gasteiger partial charge in [-0.15, -0.1) is 0 Å². The molecule has 1 aromatic rings. The van der Waals surface area contributed by atoms with Crippen molar-refractivity contribution < 1.29 is 19.1 Å². The van der Waals surface area contributed by atoms with Gasteiger partial charge in [-0.1, -0.05) is 12.1 Å². The van der Waals surface area contributed by atoms with Crippen LogP contribution >= 0.6 is 0 Å². The third-order valence-corrected chi connectivity index (χ3v) is 2.89. The summed E-state index contributed by atoms with van der Waals surface area (Å²) in [4.78, 5) is 25.1. The molecule has 0 fully saturated rings. The SMILES string of the molecule is CCOc1ccccc1C(=O)N(NC(=O)OC(C)(C)C)C(C)(C)C. The molecule has 1 aromatic carbocycles. The van der Waals surface area contributed by atoms with Gasteiger partial charge in [0.15, 0.2) is 0 Å². The highest BCUT2D eigenvalue weighted by Crippen LogP contribution is 2.23. The van der Waals surface area contributed by atoms with Gasteiger partial charge >= 0.3 is 6.09 Å². The van der Waals surface area contributed by atoms with Gasteiger partial charge < -0.3 is 9.47 Å². The van der Waals surface area contributed by atoms with Crippen LogP contribution in [0.4, 0.5) is 4.79 Å². The second kappa shape index (κ2) is 7.55. The van der Waals surface area contributed by atoms with Gasteiger partial charge in [-0.3, -0.25) is 4.79 Å². The number of hydrogen-bond acceptors (Lipinski definition) is 4. The Hall–Kier alpha value is -2.24. The van der Waals surface area contributed by atoms with Crippen molar-refractivity contribution in [1.29, 1.82) is 0 Å². The lowest BCUT2D eigenvalue weighted by Gasteiger charge is -2.36. The number of hydrogen-bond donors (Lipinski definition) is 1.